The van der Waals surface area contributed by atoms with Crippen molar-refractivity contribution in [3.8, 4) is 17.0 Å². The van der Waals surface area contributed by atoms with Gasteiger partial charge in [-0.1, -0.05) is 0 Å². The highest BCUT2D eigenvalue weighted by molar-refractivity contribution is 5.63. The van der Waals surface area contributed by atoms with Crippen molar-refractivity contribution in [2.45, 2.75) is 33.2 Å². The summed E-state index contributed by atoms with van der Waals surface area (Å²) in [5, 5.41) is 7.39. The molecule has 1 aliphatic heterocycles. The molecular formula is C21H25N5O2. The smallest absolute Gasteiger partial charge is 0.254 e. The molecule has 7 heteroatoms. The molecule has 0 saturated carbocycles. The van der Waals surface area contributed by atoms with E-state index in [9.17, 15) is 4.79 Å². The van der Waals surface area contributed by atoms with Crippen molar-refractivity contribution in [1.82, 2.24) is 25.1 Å². The van der Waals surface area contributed by atoms with Crippen molar-refractivity contribution >= 4 is 0 Å². The molecule has 3 aromatic rings. The van der Waals surface area contributed by atoms with E-state index in [-0.39, 0.29) is 5.56 Å². The molecule has 0 saturated heterocycles. The summed E-state index contributed by atoms with van der Waals surface area (Å²) >= 11 is 0. The first-order valence-electron chi connectivity index (χ1n) is 9.70. The van der Waals surface area contributed by atoms with Gasteiger partial charge in [-0.05, 0) is 44.5 Å². The van der Waals surface area contributed by atoms with E-state index in [2.05, 4.69) is 25.1 Å². The van der Waals surface area contributed by atoms with Gasteiger partial charge in [0.25, 0.3) is 5.56 Å². The zero-order valence-electron chi connectivity index (χ0n) is 16.3. The fourth-order valence-electron chi connectivity index (χ4n) is 3.74. The van der Waals surface area contributed by atoms with E-state index in [0.29, 0.717) is 18.9 Å². The lowest BCUT2D eigenvalue weighted by Gasteiger charge is -2.19. The number of nitrogens with one attached hydrogen (secondary N) is 2. The van der Waals surface area contributed by atoms with Gasteiger partial charge in [0.15, 0.2) is 0 Å². The first-order valence-corrected chi connectivity index (χ1v) is 9.70. The highest BCUT2D eigenvalue weighted by Crippen LogP contribution is 2.25. The molecule has 0 fully saturated rings. The molecular weight excluding hydrogens is 354 g/mol. The lowest BCUT2D eigenvalue weighted by molar-refractivity contribution is 0.279. The minimum absolute atomic E-state index is 0.00254. The third-order valence-corrected chi connectivity index (χ3v) is 5.13. The van der Waals surface area contributed by atoms with Gasteiger partial charge < -0.3 is 9.72 Å². The van der Waals surface area contributed by atoms with Crippen molar-refractivity contribution in [2.75, 3.05) is 19.7 Å². The van der Waals surface area contributed by atoms with Crippen molar-refractivity contribution in [2.24, 2.45) is 0 Å². The van der Waals surface area contributed by atoms with Crippen LogP contribution in [0.2, 0.25) is 0 Å². The molecule has 0 amide bonds. The van der Waals surface area contributed by atoms with Crippen LogP contribution in [0.15, 0.2) is 35.3 Å². The number of aryl methyl sites for hydroxylation is 1. The molecule has 1 aromatic carbocycles. The Hall–Kier alpha value is -2.93. The van der Waals surface area contributed by atoms with Crippen molar-refractivity contribution in [1.29, 1.82) is 0 Å². The first kappa shape index (κ1) is 18.4. The Morgan fingerprint density at radius 1 is 1.18 bits per heavy atom. The first-order chi connectivity index (χ1) is 13.6. The molecule has 28 heavy (non-hydrogen) atoms. The van der Waals surface area contributed by atoms with Gasteiger partial charge in [0.05, 0.1) is 24.2 Å². The molecule has 0 atom stereocenters. The summed E-state index contributed by atoms with van der Waals surface area (Å²) in [7, 11) is 0. The summed E-state index contributed by atoms with van der Waals surface area (Å²) in [6.07, 6.45) is 3.39. The van der Waals surface area contributed by atoms with Crippen LogP contribution in [-0.2, 0) is 19.4 Å². The molecule has 1 aliphatic rings. The second kappa shape index (κ2) is 7.98. The molecule has 146 valence electrons. The van der Waals surface area contributed by atoms with Gasteiger partial charge in [-0.3, -0.25) is 14.8 Å². The molecule has 0 radical (unpaired) electrons. The highest BCUT2D eigenvalue weighted by atomic mass is 16.5. The molecule has 0 unspecified atom stereocenters. The zero-order chi connectivity index (χ0) is 19.5. The molecule has 0 spiro atoms. The van der Waals surface area contributed by atoms with E-state index in [1.165, 1.54) is 0 Å². The van der Waals surface area contributed by atoms with Gasteiger partial charge in [0.2, 0.25) is 0 Å². The fraction of sp³-hybridized carbons (Fsp3) is 0.381. The minimum atomic E-state index is 0.00254. The number of hydrogen-bond acceptors (Lipinski definition) is 5. The van der Waals surface area contributed by atoms with E-state index in [1.54, 1.807) is 0 Å². The molecule has 0 bridgehead atoms. The number of ether oxygens (including phenoxy) is 1. The van der Waals surface area contributed by atoms with E-state index < -0.39 is 0 Å². The Morgan fingerprint density at radius 3 is 2.75 bits per heavy atom. The van der Waals surface area contributed by atoms with Crippen LogP contribution in [0.3, 0.4) is 0 Å². The quantitative estimate of drug-likeness (QED) is 0.711. The highest BCUT2D eigenvalue weighted by Gasteiger charge is 2.19. The van der Waals surface area contributed by atoms with Gasteiger partial charge in [0.1, 0.15) is 11.6 Å². The Kier molecular flexibility index (Phi) is 5.25. The predicted octanol–water partition coefficient (Wildman–Crippen LogP) is 2.47. The number of hydrogen-bond donors (Lipinski definition) is 2. The summed E-state index contributed by atoms with van der Waals surface area (Å²) < 4.78 is 5.52. The molecule has 0 aliphatic carbocycles. The van der Waals surface area contributed by atoms with E-state index in [0.717, 1.165) is 59.9 Å². The molecule has 4 rings (SSSR count). The average Bonchev–Trinajstić information content (AvgIpc) is 3.04. The Labute approximate surface area is 163 Å². The summed E-state index contributed by atoms with van der Waals surface area (Å²) in [6, 6.07) is 8.05. The summed E-state index contributed by atoms with van der Waals surface area (Å²) in [4.78, 5) is 22.0. The van der Waals surface area contributed by atoms with Gasteiger partial charge in [-0.15, -0.1) is 0 Å². The van der Waals surface area contributed by atoms with E-state index in [1.807, 2.05) is 44.3 Å². The second-order valence-electron chi connectivity index (χ2n) is 7.08. The largest absolute Gasteiger partial charge is 0.494 e. The minimum Gasteiger partial charge on any atom is -0.494 e. The van der Waals surface area contributed by atoms with Crippen molar-refractivity contribution in [3.63, 3.8) is 0 Å². The zero-order valence-corrected chi connectivity index (χ0v) is 16.3. The maximum absolute atomic E-state index is 12.2. The van der Waals surface area contributed by atoms with Crippen LogP contribution < -0.4 is 10.3 Å². The van der Waals surface area contributed by atoms with Crippen LogP contribution in [-0.4, -0.2) is 44.8 Å². The molecule has 7 nitrogen and oxygen atoms in total. The summed E-state index contributed by atoms with van der Waals surface area (Å²) in [5.41, 5.74) is 5.02. The SMILES string of the molecule is CCOc1ccc(-c2[nH]ncc2CN2CCc3nc(C)[nH]c(=O)c3CC2)cc1. The second-order valence-corrected chi connectivity index (χ2v) is 7.08. The lowest BCUT2D eigenvalue weighted by atomic mass is 10.1. The predicted molar refractivity (Wildman–Crippen MR) is 107 cm³/mol. The van der Waals surface area contributed by atoms with Crippen LogP contribution >= 0.6 is 0 Å². The Morgan fingerprint density at radius 2 is 1.96 bits per heavy atom. The fourth-order valence-corrected chi connectivity index (χ4v) is 3.74. The lowest BCUT2D eigenvalue weighted by Crippen LogP contribution is -2.26. The average molecular weight is 379 g/mol. The van der Waals surface area contributed by atoms with Gasteiger partial charge in [0, 0.05) is 42.7 Å². The maximum atomic E-state index is 12.2. The van der Waals surface area contributed by atoms with E-state index >= 15 is 0 Å². The number of H-pyrrole nitrogens is 2. The summed E-state index contributed by atoms with van der Waals surface area (Å²) in [5.74, 6) is 1.55. The molecule has 3 heterocycles. The monoisotopic (exact) mass is 379 g/mol. The topological polar surface area (TPSA) is 86.9 Å². The standard InChI is InChI=1S/C21H25N5O2/c1-3-28-17-6-4-15(5-7-17)20-16(12-22-25-20)13-26-10-8-18-19(9-11-26)23-14(2)24-21(18)27/h4-7,12H,3,8-11,13H2,1-2H3,(H,22,25)(H,23,24,27). The van der Waals surface area contributed by atoms with Gasteiger partial charge in [-0.2, -0.15) is 5.10 Å². The number of rotatable bonds is 5. The third kappa shape index (κ3) is 3.84. The third-order valence-electron chi connectivity index (χ3n) is 5.13. The number of nitrogens with zero attached hydrogens (tertiary/aromatic N) is 3. The Balaban J connectivity index is 1.50. The number of aromatic amines is 2. The van der Waals surface area contributed by atoms with Gasteiger partial charge >= 0.3 is 0 Å². The van der Waals surface area contributed by atoms with Crippen LogP contribution in [0.25, 0.3) is 11.3 Å². The number of fused-ring (bicyclic) bond motifs is 1. The molecule has 2 aromatic heterocycles. The van der Waals surface area contributed by atoms with Gasteiger partial charge in [-0.25, -0.2) is 4.98 Å². The van der Waals surface area contributed by atoms with Crippen LogP contribution in [0.5, 0.6) is 5.75 Å². The van der Waals surface area contributed by atoms with Crippen LogP contribution in [0.4, 0.5) is 0 Å². The van der Waals surface area contributed by atoms with Crippen LogP contribution in [0.1, 0.15) is 29.6 Å². The maximum Gasteiger partial charge on any atom is 0.254 e. The number of aromatic nitrogens is 4. The normalized spacial score (nSPS) is 14.5. The van der Waals surface area contributed by atoms with Crippen molar-refractivity contribution in [3.05, 3.63) is 63.5 Å². The molecule has 2 N–H and O–H groups in total. The van der Waals surface area contributed by atoms with Crippen molar-refractivity contribution < 1.29 is 4.74 Å². The Bertz CT molecular complexity index is 1010. The van der Waals surface area contributed by atoms with Crippen LogP contribution in [0, 0.1) is 6.92 Å². The number of benzene rings is 1. The summed E-state index contributed by atoms with van der Waals surface area (Å²) in [6.45, 7) is 6.95. The van der Waals surface area contributed by atoms with E-state index in [4.69, 9.17) is 4.74 Å².